The molecule has 0 radical (unpaired) electrons. The topological polar surface area (TPSA) is 64.3 Å². The zero-order valence-electron chi connectivity index (χ0n) is 10.2. The van der Waals surface area contributed by atoms with Crippen molar-refractivity contribution in [3.05, 3.63) is 30.1 Å². The van der Waals surface area contributed by atoms with Gasteiger partial charge >= 0.3 is 0 Å². The molecule has 0 saturated carbocycles. The summed E-state index contributed by atoms with van der Waals surface area (Å²) in [5, 5.41) is 2.06. The standard InChI is InChI=1S/C12H15F3N2O2/c13-9-1-3-10(4-2-9)19-6-5-11(18)17-8-12(14,15)7-16/h1-4H,5-8,16H2,(H,17,18). The minimum Gasteiger partial charge on any atom is -0.493 e. The zero-order chi connectivity index (χ0) is 14.3. The summed E-state index contributed by atoms with van der Waals surface area (Å²) in [6.45, 7) is -1.59. The number of benzene rings is 1. The van der Waals surface area contributed by atoms with Crippen LogP contribution in [-0.2, 0) is 4.79 Å². The van der Waals surface area contributed by atoms with Crippen LogP contribution in [0.1, 0.15) is 6.42 Å². The number of nitrogens with two attached hydrogens (primary N) is 1. The van der Waals surface area contributed by atoms with Crippen LogP contribution in [0, 0.1) is 5.82 Å². The number of hydrogen-bond donors (Lipinski definition) is 2. The van der Waals surface area contributed by atoms with E-state index >= 15 is 0 Å². The highest BCUT2D eigenvalue weighted by Crippen LogP contribution is 2.11. The van der Waals surface area contributed by atoms with Crippen molar-refractivity contribution in [1.82, 2.24) is 5.32 Å². The van der Waals surface area contributed by atoms with Crippen LogP contribution < -0.4 is 15.8 Å². The summed E-state index contributed by atoms with van der Waals surface area (Å²) in [6, 6.07) is 5.26. The van der Waals surface area contributed by atoms with Crippen LogP contribution in [0.15, 0.2) is 24.3 Å². The van der Waals surface area contributed by atoms with Gasteiger partial charge in [-0.05, 0) is 24.3 Å². The number of halogens is 3. The molecule has 0 aliphatic carbocycles. The number of amides is 1. The van der Waals surface area contributed by atoms with Gasteiger partial charge in [0, 0.05) is 0 Å². The van der Waals surface area contributed by atoms with Gasteiger partial charge in [0.05, 0.1) is 26.1 Å². The van der Waals surface area contributed by atoms with E-state index in [-0.39, 0.29) is 13.0 Å². The van der Waals surface area contributed by atoms with E-state index in [9.17, 15) is 18.0 Å². The van der Waals surface area contributed by atoms with Gasteiger partial charge < -0.3 is 15.8 Å². The molecule has 0 bridgehead atoms. The molecule has 0 aliphatic rings. The summed E-state index contributed by atoms with van der Waals surface area (Å²) in [5.74, 6) is -3.65. The fourth-order valence-corrected chi connectivity index (χ4v) is 1.18. The first-order valence-electron chi connectivity index (χ1n) is 5.66. The molecule has 7 heteroatoms. The van der Waals surface area contributed by atoms with Crippen molar-refractivity contribution in [2.75, 3.05) is 19.7 Å². The highest BCUT2D eigenvalue weighted by Gasteiger charge is 2.26. The number of ether oxygens (including phenoxy) is 1. The van der Waals surface area contributed by atoms with E-state index in [1.54, 1.807) is 0 Å². The van der Waals surface area contributed by atoms with Gasteiger partial charge in [0.15, 0.2) is 0 Å². The molecule has 4 nitrogen and oxygen atoms in total. The van der Waals surface area contributed by atoms with Crippen molar-refractivity contribution >= 4 is 5.91 Å². The van der Waals surface area contributed by atoms with Crippen molar-refractivity contribution in [3.63, 3.8) is 0 Å². The monoisotopic (exact) mass is 276 g/mol. The molecule has 0 aromatic heterocycles. The Labute approximate surface area is 108 Å². The minimum absolute atomic E-state index is 0.0195. The molecule has 1 amide bonds. The smallest absolute Gasteiger partial charge is 0.277 e. The SMILES string of the molecule is NCC(F)(F)CNC(=O)CCOc1ccc(F)cc1. The van der Waals surface area contributed by atoms with E-state index in [2.05, 4.69) is 5.32 Å². The van der Waals surface area contributed by atoms with Gasteiger partial charge in [0.2, 0.25) is 5.91 Å². The van der Waals surface area contributed by atoms with E-state index in [0.717, 1.165) is 0 Å². The van der Waals surface area contributed by atoms with Crippen molar-refractivity contribution in [3.8, 4) is 5.75 Å². The van der Waals surface area contributed by atoms with Gasteiger partial charge in [-0.25, -0.2) is 13.2 Å². The lowest BCUT2D eigenvalue weighted by atomic mass is 10.3. The van der Waals surface area contributed by atoms with Crippen LogP contribution in [0.4, 0.5) is 13.2 Å². The Morgan fingerprint density at radius 3 is 2.53 bits per heavy atom. The van der Waals surface area contributed by atoms with Crippen LogP contribution in [-0.4, -0.2) is 31.5 Å². The maximum absolute atomic E-state index is 12.7. The first kappa shape index (κ1) is 15.3. The van der Waals surface area contributed by atoms with Crippen molar-refractivity contribution in [1.29, 1.82) is 0 Å². The first-order valence-corrected chi connectivity index (χ1v) is 5.66. The lowest BCUT2D eigenvalue weighted by molar-refractivity contribution is -0.123. The molecule has 0 fully saturated rings. The van der Waals surface area contributed by atoms with E-state index in [1.165, 1.54) is 24.3 Å². The van der Waals surface area contributed by atoms with Gasteiger partial charge in [-0.2, -0.15) is 0 Å². The van der Waals surface area contributed by atoms with Gasteiger partial charge in [-0.1, -0.05) is 0 Å². The third kappa shape index (κ3) is 6.10. The largest absolute Gasteiger partial charge is 0.493 e. The predicted octanol–water partition coefficient (Wildman–Crippen LogP) is 1.30. The fraction of sp³-hybridized carbons (Fsp3) is 0.417. The van der Waals surface area contributed by atoms with Crippen molar-refractivity contribution < 1.29 is 22.7 Å². The summed E-state index contributed by atoms with van der Waals surface area (Å²) >= 11 is 0. The van der Waals surface area contributed by atoms with Gasteiger partial charge in [-0.3, -0.25) is 4.79 Å². The summed E-state index contributed by atoms with van der Waals surface area (Å²) in [5.41, 5.74) is 4.82. The number of carbonyl (C=O) groups is 1. The third-order valence-electron chi connectivity index (χ3n) is 2.25. The molecule has 1 aromatic rings. The molecular weight excluding hydrogens is 261 g/mol. The molecule has 106 valence electrons. The molecule has 3 N–H and O–H groups in total. The Morgan fingerprint density at radius 1 is 1.32 bits per heavy atom. The second-order valence-corrected chi connectivity index (χ2v) is 3.89. The zero-order valence-corrected chi connectivity index (χ0v) is 10.2. The summed E-state index contributed by atoms with van der Waals surface area (Å²) < 4.78 is 43.2. The van der Waals surface area contributed by atoms with E-state index in [0.29, 0.717) is 5.75 Å². The Morgan fingerprint density at radius 2 is 1.95 bits per heavy atom. The van der Waals surface area contributed by atoms with Gasteiger partial charge in [-0.15, -0.1) is 0 Å². The van der Waals surface area contributed by atoms with E-state index in [4.69, 9.17) is 10.5 Å². The lowest BCUT2D eigenvalue weighted by Gasteiger charge is -2.14. The molecule has 0 unspecified atom stereocenters. The first-order chi connectivity index (χ1) is 8.93. The summed E-state index contributed by atoms with van der Waals surface area (Å²) in [4.78, 5) is 11.2. The Hall–Kier alpha value is -1.76. The second-order valence-electron chi connectivity index (χ2n) is 3.89. The molecule has 0 atom stereocenters. The fourth-order valence-electron chi connectivity index (χ4n) is 1.18. The molecule has 0 aliphatic heterocycles. The number of nitrogens with one attached hydrogen (secondary N) is 1. The average Bonchev–Trinajstić information content (AvgIpc) is 2.39. The van der Waals surface area contributed by atoms with Gasteiger partial charge in [0.25, 0.3) is 5.92 Å². The molecule has 19 heavy (non-hydrogen) atoms. The number of carbonyl (C=O) groups excluding carboxylic acids is 1. The molecule has 0 spiro atoms. The van der Waals surface area contributed by atoms with Crippen LogP contribution in [0.25, 0.3) is 0 Å². The summed E-state index contributed by atoms with van der Waals surface area (Å²) in [6.07, 6.45) is -0.0714. The number of hydrogen-bond acceptors (Lipinski definition) is 3. The Balaban J connectivity index is 2.22. The third-order valence-corrected chi connectivity index (χ3v) is 2.25. The van der Waals surface area contributed by atoms with Crippen molar-refractivity contribution in [2.24, 2.45) is 5.73 Å². The van der Waals surface area contributed by atoms with Crippen molar-refractivity contribution in [2.45, 2.75) is 12.3 Å². The minimum atomic E-state index is -3.10. The van der Waals surface area contributed by atoms with Crippen LogP contribution in [0.3, 0.4) is 0 Å². The predicted molar refractivity (Wildman–Crippen MR) is 63.5 cm³/mol. The summed E-state index contributed by atoms with van der Waals surface area (Å²) in [7, 11) is 0. The highest BCUT2D eigenvalue weighted by atomic mass is 19.3. The average molecular weight is 276 g/mol. The molecule has 0 heterocycles. The number of alkyl halides is 2. The van der Waals surface area contributed by atoms with Crippen LogP contribution in [0.5, 0.6) is 5.75 Å². The lowest BCUT2D eigenvalue weighted by Crippen LogP contribution is -2.41. The van der Waals surface area contributed by atoms with Crippen LogP contribution in [0.2, 0.25) is 0 Å². The van der Waals surface area contributed by atoms with E-state index in [1.807, 2.05) is 0 Å². The van der Waals surface area contributed by atoms with E-state index < -0.39 is 30.7 Å². The normalized spacial score (nSPS) is 11.2. The Bertz CT molecular complexity index is 410. The molecule has 1 aromatic carbocycles. The maximum Gasteiger partial charge on any atom is 0.277 e. The maximum atomic E-state index is 12.7. The van der Waals surface area contributed by atoms with Gasteiger partial charge in [0.1, 0.15) is 11.6 Å². The molecule has 0 saturated heterocycles. The molecular formula is C12H15F3N2O2. The highest BCUT2D eigenvalue weighted by molar-refractivity contribution is 5.76. The van der Waals surface area contributed by atoms with Crippen LogP contribution >= 0.6 is 0 Å². The quantitative estimate of drug-likeness (QED) is 0.789. The number of rotatable bonds is 7. The Kier molecular flexibility index (Phi) is 5.62. The second kappa shape index (κ2) is 6.98. The molecule has 1 rings (SSSR count).